The predicted molar refractivity (Wildman–Crippen MR) is 93.9 cm³/mol. The fourth-order valence-corrected chi connectivity index (χ4v) is 5.01. The zero-order valence-electron chi connectivity index (χ0n) is 13.8. The molecule has 0 unspecified atom stereocenters. The Bertz CT molecular complexity index is 700. The molecule has 0 aromatic carbocycles. The third-order valence-corrected chi connectivity index (χ3v) is 6.56. The van der Waals surface area contributed by atoms with Gasteiger partial charge in [0.1, 0.15) is 11.1 Å². The van der Waals surface area contributed by atoms with E-state index in [1.54, 1.807) is 0 Å². The van der Waals surface area contributed by atoms with Crippen molar-refractivity contribution in [3.63, 3.8) is 0 Å². The average molecular weight is 341 g/mol. The number of rotatable bonds is 4. The number of hydrogen-bond acceptors (Lipinski definition) is 5. The van der Waals surface area contributed by atoms with Gasteiger partial charge in [0, 0.05) is 36.8 Å². The Morgan fingerprint density at radius 3 is 2.92 bits per heavy atom. The van der Waals surface area contributed by atoms with Gasteiger partial charge in [-0.3, -0.25) is 9.88 Å². The molecule has 3 aliphatic rings. The van der Waals surface area contributed by atoms with Gasteiger partial charge in [0.15, 0.2) is 0 Å². The van der Waals surface area contributed by atoms with Gasteiger partial charge in [0.05, 0.1) is 11.8 Å². The number of piperidine rings is 1. The molecular weight excluding hydrogens is 318 g/mol. The lowest BCUT2D eigenvalue weighted by atomic mass is 9.91. The minimum atomic E-state index is 0.235. The summed E-state index contributed by atoms with van der Waals surface area (Å²) in [4.78, 5) is 11.5. The fourth-order valence-electron chi connectivity index (χ4n) is 4.06. The minimum absolute atomic E-state index is 0.235. The summed E-state index contributed by atoms with van der Waals surface area (Å²) in [7, 11) is 0. The summed E-state index contributed by atoms with van der Waals surface area (Å²) in [6.07, 6.45) is 9.41. The molecule has 0 amide bonds. The van der Waals surface area contributed by atoms with E-state index < -0.39 is 0 Å². The second-order valence-corrected chi connectivity index (χ2v) is 8.31. The van der Waals surface area contributed by atoms with Crippen molar-refractivity contribution in [3.05, 3.63) is 46.2 Å². The van der Waals surface area contributed by atoms with Crippen molar-refractivity contribution < 1.29 is 4.74 Å². The molecule has 2 aromatic heterocycles. The van der Waals surface area contributed by atoms with Gasteiger partial charge in [-0.2, -0.15) is 0 Å². The maximum absolute atomic E-state index is 6.43. The first-order valence-electron chi connectivity index (χ1n) is 9.07. The van der Waals surface area contributed by atoms with Crippen molar-refractivity contribution in [1.82, 2.24) is 14.9 Å². The van der Waals surface area contributed by atoms with E-state index in [1.807, 2.05) is 23.7 Å². The van der Waals surface area contributed by atoms with Crippen molar-refractivity contribution in [2.24, 2.45) is 5.92 Å². The van der Waals surface area contributed by atoms with Crippen LogP contribution < -0.4 is 0 Å². The Labute approximate surface area is 146 Å². The molecule has 0 spiro atoms. The maximum Gasteiger partial charge on any atom is 0.122 e. The first kappa shape index (κ1) is 15.0. The van der Waals surface area contributed by atoms with Gasteiger partial charge in [-0.25, -0.2) is 4.98 Å². The van der Waals surface area contributed by atoms with Crippen LogP contribution in [0, 0.1) is 5.92 Å². The zero-order valence-corrected chi connectivity index (χ0v) is 14.6. The van der Waals surface area contributed by atoms with Crippen molar-refractivity contribution in [1.29, 1.82) is 0 Å². The lowest BCUT2D eigenvalue weighted by Gasteiger charge is -2.34. The minimum Gasteiger partial charge on any atom is -0.366 e. The number of hydrogen-bond donors (Lipinski definition) is 0. The van der Waals surface area contributed by atoms with Crippen LogP contribution in [0.15, 0.2) is 29.9 Å². The summed E-state index contributed by atoms with van der Waals surface area (Å²) in [5.74, 6) is 1.45. The highest BCUT2D eigenvalue weighted by Gasteiger charge is 2.41. The van der Waals surface area contributed by atoms with Crippen molar-refractivity contribution in [3.8, 4) is 0 Å². The van der Waals surface area contributed by atoms with Gasteiger partial charge in [-0.1, -0.05) is 0 Å². The molecule has 24 heavy (non-hydrogen) atoms. The Balaban J connectivity index is 1.23. The van der Waals surface area contributed by atoms with Gasteiger partial charge in [0.2, 0.25) is 0 Å². The summed E-state index contributed by atoms with van der Waals surface area (Å²) >= 11 is 1.81. The Hall–Kier alpha value is -1.30. The smallest absolute Gasteiger partial charge is 0.122 e. The second-order valence-electron chi connectivity index (χ2n) is 7.42. The molecule has 2 aliphatic heterocycles. The first-order valence-corrected chi connectivity index (χ1v) is 9.95. The molecule has 0 N–H and O–H groups in total. The normalized spacial score (nSPS) is 30.4. The quantitative estimate of drug-likeness (QED) is 0.848. The van der Waals surface area contributed by atoms with E-state index >= 15 is 0 Å². The van der Waals surface area contributed by atoms with Crippen LogP contribution >= 0.6 is 11.3 Å². The number of ether oxygens (including phenoxy) is 1. The molecule has 2 aromatic rings. The lowest BCUT2D eigenvalue weighted by Crippen LogP contribution is -2.41. The van der Waals surface area contributed by atoms with Crippen molar-refractivity contribution in [2.45, 2.75) is 50.4 Å². The van der Waals surface area contributed by atoms with Crippen LogP contribution in [0.1, 0.15) is 54.0 Å². The molecule has 0 radical (unpaired) electrons. The third kappa shape index (κ3) is 3.01. The maximum atomic E-state index is 6.43. The number of aromatic nitrogens is 2. The highest BCUT2D eigenvalue weighted by Crippen LogP contribution is 2.45. The van der Waals surface area contributed by atoms with E-state index in [0.29, 0.717) is 12.0 Å². The van der Waals surface area contributed by atoms with Crippen LogP contribution in [0.5, 0.6) is 0 Å². The molecule has 4 nitrogen and oxygen atoms in total. The molecule has 3 fully saturated rings. The van der Waals surface area contributed by atoms with Crippen LogP contribution in [0.4, 0.5) is 0 Å². The standard InChI is InChI=1S/C19H23N3OS/c1-2-14(1)16-12-24-19(21-16)17-9-15-5-8-22(11-18(15)23-17)10-13-3-6-20-7-4-13/h3-4,6-7,12,14-15,17-18H,1-2,5,8-11H2/t15-,17+,18+/m0/s1. The van der Waals surface area contributed by atoms with Crippen LogP contribution in [-0.4, -0.2) is 34.1 Å². The van der Waals surface area contributed by atoms with Crippen LogP contribution in [-0.2, 0) is 11.3 Å². The molecule has 2 saturated heterocycles. The average Bonchev–Trinajstić information content (AvgIpc) is 3.19. The number of pyridine rings is 1. The number of thiazole rings is 1. The van der Waals surface area contributed by atoms with Gasteiger partial charge in [-0.05, 0) is 55.8 Å². The molecule has 5 heteroatoms. The largest absolute Gasteiger partial charge is 0.366 e. The number of likely N-dealkylation sites (tertiary alicyclic amines) is 1. The SMILES string of the molecule is c1cc(CN2CC[C@H]3C[C@H](c4nc(C5CC5)cs4)O[C@@H]3C2)ccn1. The number of fused-ring (bicyclic) bond motifs is 1. The van der Waals surface area contributed by atoms with E-state index in [4.69, 9.17) is 9.72 Å². The van der Waals surface area contributed by atoms with Crippen molar-refractivity contribution >= 4 is 11.3 Å². The molecule has 4 heterocycles. The molecule has 3 atom stereocenters. The third-order valence-electron chi connectivity index (χ3n) is 5.60. The topological polar surface area (TPSA) is 38.2 Å². The fraction of sp³-hybridized carbons (Fsp3) is 0.579. The zero-order chi connectivity index (χ0) is 15.9. The van der Waals surface area contributed by atoms with E-state index in [9.17, 15) is 0 Å². The van der Waals surface area contributed by atoms with Crippen LogP contribution in [0.3, 0.4) is 0 Å². The highest BCUT2D eigenvalue weighted by atomic mass is 32.1. The molecule has 1 aliphatic carbocycles. The van der Waals surface area contributed by atoms with E-state index in [0.717, 1.165) is 25.4 Å². The van der Waals surface area contributed by atoms with E-state index in [2.05, 4.69) is 27.4 Å². The molecule has 0 bridgehead atoms. The number of nitrogens with zero attached hydrogens (tertiary/aromatic N) is 3. The van der Waals surface area contributed by atoms with Crippen LogP contribution in [0.2, 0.25) is 0 Å². The molecule has 126 valence electrons. The van der Waals surface area contributed by atoms with Gasteiger partial charge in [0.25, 0.3) is 0 Å². The monoisotopic (exact) mass is 341 g/mol. The lowest BCUT2D eigenvalue weighted by molar-refractivity contribution is -0.00943. The predicted octanol–water partition coefficient (Wildman–Crippen LogP) is 3.77. The van der Waals surface area contributed by atoms with E-state index in [1.165, 1.54) is 42.1 Å². The molecule has 5 rings (SSSR count). The Kier molecular flexibility index (Phi) is 3.88. The van der Waals surface area contributed by atoms with Gasteiger partial charge >= 0.3 is 0 Å². The van der Waals surface area contributed by atoms with Crippen LogP contribution in [0.25, 0.3) is 0 Å². The highest BCUT2D eigenvalue weighted by molar-refractivity contribution is 7.09. The van der Waals surface area contributed by atoms with E-state index in [-0.39, 0.29) is 6.10 Å². The van der Waals surface area contributed by atoms with Gasteiger partial charge in [-0.15, -0.1) is 11.3 Å². The summed E-state index contributed by atoms with van der Waals surface area (Å²) in [6, 6.07) is 4.22. The summed E-state index contributed by atoms with van der Waals surface area (Å²) in [5.41, 5.74) is 2.65. The van der Waals surface area contributed by atoms with Crippen molar-refractivity contribution in [2.75, 3.05) is 13.1 Å². The molecule has 1 saturated carbocycles. The summed E-state index contributed by atoms with van der Waals surface area (Å²) in [5, 5.41) is 3.47. The summed E-state index contributed by atoms with van der Waals surface area (Å²) < 4.78 is 6.43. The Morgan fingerprint density at radius 2 is 2.08 bits per heavy atom. The molecular formula is C19H23N3OS. The summed E-state index contributed by atoms with van der Waals surface area (Å²) in [6.45, 7) is 3.22. The Morgan fingerprint density at radius 1 is 1.21 bits per heavy atom. The second kappa shape index (κ2) is 6.21. The van der Waals surface area contributed by atoms with Gasteiger partial charge < -0.3 is 4.74 Å². The first-order chi connectivity index (χ1) is 11.8.